The maximum Gasteiger partial charge on any atom is 0.307 e. The molecule has 1 aromatic rings. The molecular formula is C19H24N2O4S. The number of carbonyl (C=O) groups excluding carboxylic acids is 2. The fraction of sp³-hybridized carbons (Fsp3) is 0.632. The number of carboxylic acid groups (broad SMARTS) is 1. The molecule has 0 radical (unpaired) electrons. The zero-order valence-corrected chi connectivity index (χ0v) is 15.6. The van der Waals surface area contributed by atoms with Crippen LogP contribution in [0.3, 0.4) is 0 Å². The van der Waals surface area contributed by atoms with Gasteiger partial charge in [-0.2, -0.15) is 0 Å². The van der Waals surface area contributed by atoms with Crippen LogP contribution in [0.5, 0.6) is 0 Å². The van der Waals surface area contributed by atoms with E-state index < -0.39 is 17.8 Å². The molecule has 1 heterocycles. The molecular weight excluding hydrogens is 352 g/mol. The fourth-order valence-electron chi connectivity index (χ4n) is 5.16. The van der Waals surface area contributed by atoms with Crippen LogP contribution in [0.1, 0.15) is 53.4 Å². The Morgan fingerprint density at radius 3 is 2.58 bits per heavy atom. The lowest BCUT2D eigenvalue weighted by Crippen LogP contribution is -2.48. The van der Waals surface area contributed by atoms with Crippen molar-refractivity contribution in [1.29, 1.82) is 0 Å². The first-order valence-electron chi connectivity index (χ1n) is 9.38. The highest BCUT2D eigenvalue weighted by molar-refractivity contribution is 7.10. The average Bonchev–Trinajstić information content (AvgIpc) is 3.32. The second-order valence-corrected chi connectivity index (χ2v) is 9.03. The summed E-state index contributed by atoms with van der Waals surface area (Å²) in [6, 6.07) is 0. The third-order valence-electron chi connectivity index (χ3n) is 6.45. The highest BCUT2D eigenvalue weighted by Gasteiger charge is 2.54. The number of hydrogen-bond donors (Lipinski definition) is 3. The summed E-state index contributed by atoms with van der Waals surface area (Å²) in [6.45, 7) is 2.22. The number of carbonyl (C=O) groups is 3. The number of carboxylic acids is 1. The highest BCUT2D eigenvalue weighted by atomic mass is 32.1. The minimum absolute atomic E-state index is 0.0924. The molecule has 0 aliphatic heterocycles. The van der Waals surface area contributed by atoms with Gasteiger partial charge in [-0.1, -0.05) is 6.92 Å². The van der Waals surface area contributed by atoms with Gasteiger partial charge in [0.15, 0.2) is 0 Å². The Morgan fingerprint density at radius 2 is 1.85 bits per heavy atom. The predicted octanol–water partition coefficient (Wildman–Crippen LogP) is 2.38. The van der Waals surface area contributed by atoms with Crippen molar-refractivity contribution in [2.45, 2.75) is 45.4 Å². The van der Waals surface area contributed by atoms with E-state index in [1.54, 1.807) is 11.3 Å². The minimum Gasteiger partial charge on any atom is -0.481 e. The summed E-state index contributed by atoms with van der Waals surface area (Å²) in [5, 5.41) is 11.3. The summed E-state index contributed by atoms with van der Waals surface area (Å²) in [5.74, 6) is -1.88. The zero-order valence-electron chi connectivity index (χ0n) is 14.8. The van der Waals surface area contributed by atoms with Gasteiger partial charge in [0.1, 0.15) is 0 Å². The van der Waals surface area contributed by atoms with E-state index in [4.69, 9.17) is 0 Å². The number of thiophene rings is 1. The van der Waals surface area contributed by atoms with Gasteiger partial charge in [-0.25, -0.2) is 0 Å². The van der Waals surface area contributed by atoms with E-state index in [2.05, 4.69) is 17.8 Å². The van der Waals surface area contributed by atoms with Crippen molar-refractivity contribution in [3.8, 4) is 0 Å². The van der Waals surface area contributed by atoms with Crippen LogP contribution in [0.2, 0.25) is 0 Å². The molecule has 26 heavy (non-hydrogen) atoms. The van der Waals surface area contributed by atoms with E-state index in [1.165, 1.54) is 4.88 Å². The number of hydrogen-bond acceptors (Lipinski definition) is 4. The van der Waals surface area contributed by atoms with Gasteiger partial charge in [0.25, 0.3) is 5.91 Å². The van der Waals surface area contributed by atoms with Crippen LogP contribution in [0, 0.1) is 29.6 Å². The second-order valence-electron chi connectivity index (χ2n) is 8.07. The van der Waals surface area contributed by atoms with Crippen LogP contribution >= 0.6 is 11.3 Å². The number of fused-ring (bicyclic) bond motifs is 3. The lowest BCUT2D eigenvalue weighted by molar-refractivity contribution is -0.149. The van der Waals surface area contributed by atoms with Gasteiger partial charge < -0.3 is 5.11 Å². The predicted molar refractivity (Wildman–Crippen MR) is 96.6 cm³/mol. The molecule has 6 nitrogen and oxygen atoms in total. The van der Waals surface area contributed by atoms with Crippen molar-refractivity contribution in [2.24, 2.45) is 29.6 Å². The van der Waals surface area contributed by atoms with Gasteiger partial charge in [0, 0.05) is 10.3 Å². The van der Waals surface area contributed by atoms with E-state index in [-0.39, 0.29) is 23.7 Å². The van der Waals surface area contributed by atoms with Crippen molar-refractivity contribution in [3.05, 3.63) is 21.4 Å². The standard InChI is InChI=1S/C19H24N2O4S/c1-9-2-5-12-13(8-26-14(12)6-9)17(22)20-21-18(23)15-10-3-4-11(7-10)16(15)19(24)25/h8-11,15-16H,2-7H2,1H3,(H,20,22)(H,21,23)(H,24,25)/t9-,10+,11+,15+,16-/m1/s1. The first-order valence-corrected chi connectivity index (χ1v) is 10.3. The smallest absolute Gasteiger partial charge is 0.307 e. The van der Waals surface area contributed by atoms with Crippen molar-refractivity contribution in [2.75, 3.05) is 0 Å². The first kappa shape index (κ1) is 17.5. The first-order chi connectivity index (χ1) is 12.5. The molecule has 0 aromatic carbocycles. The van der Waals surface area contributed by atoms with Crippen LogP contribution in [0.4, 0.5) is 0 Å². The lowest BCUT2D eigenvalue weighted by atomic mass is 9.79. The Hall–Kier alpha value is -1.89. The van der Waals surface area contributed by atoms with Crippen LogP contribution in [0.15, 0.2) is 5.38 Å². The molecule has 7 heteroatoms. The molecule has 0 unspecified atom stereocenters. The lowest BCUT2D eigenvalue weighted by Gasteiger charge is -2.27. The SMILES string of the molecule is C[C@@H]1CCc2c(C(=O)NNC(=O)[C@H]3[C@H]4CC[C@@H](C4)[C@H]3C(=O)O)csc2C1. The van der Waals surface area contributed by atoms with Crippen molar-refractivity contribution >= 4 is 29.1 Å². The van der Waals surface area contributed by atoms with Gasteiger partial charge in [0.05, 0.1) is 17.4 Å². The van der Waals surface area contributed by atoms with E-state index in [0.29, 0.717) is 11.5 Å². The van der Waals surface area contributed by atoms with Gasteiger partial charge in [0.2, 0.25) is 5.91 Å². The Bertz CT molecular complexity index is 759. The maximum atomic E-state index is 12.6. The summed E-state index contributed by atoms with van der Waals surface area (Å²) in [5.41, 5.74) is 6.76. The van der Waals surface area contributed by atoms with Crippen molar-refractivity contribution in [3.63, 3.8) is 0 Å². The Morgan fingerprint density at radius 1 is 1.12 bits per heavy atom. The van der Waals surface area contributed by atoms with Gasteiger partial charge in [-0.15, -0.1) is 11.3 Å². The molecule has 3 N–H and O–H groups in total. The topological polar surface area (TPSA) is 95.5 Å². The van der Waals surface area contributed by atoms with Gasteiger partial charge in [-0.05, 0) is 61.8 Å². The fourth-order valence-corrected chi connectivity index (χ4v) is 6.41. The molecule has 2 amide bonds. The Labute approximate surface area is 156 Å². The summed E-state index contributed by atoms with van der Waals surface area (Å²) in [7, 11) is 0. The molecule has 5 atom stereocenters. The zero-order chi connectivity index (χ0) is 18.4. The molecule has 3 aliphatic carbocycles. The Kier molecular flexibility index (Phi) is 4.50. The number of rotatable bonds is 3. The number of hydrazine groups is 1. The summed E-state index contributed by atoms with van der Waals surface area (Å²) >= 11 is 1.61. The van der Waals surface area contributed by atoms with E-state index in [0.717, 1.165) is 44.1 Å². The third kappa shape index (κ3) is 2.92. The molecule has 2 fully saturated rings. The summed E-state index contributed by atoms with van der Waals surface area (Å²) in [6.07, 6.45) is 5.56. The third-order valence-corrected chi connectivity index (χ3v) is 7.50. The summed E-state index contributed by atoms with van der Waals surface area (Å²) in [4.78, 5) is 37.9. The van der Waals surface area contributed by atoms with E-state index in [1.807, 2.05) is 5.38 Å². The quantitative estimate of drug-likeness (QED) is 0.706. The largest absolute Gasteiger partial charge is 0.481 e. The molecule has 3 aliphatic rings. The molecule has 4 rings (SSSR count). The van der Waals surface area contributed by atoms with Gasteiger partial charge in [-0.3, -0.25) is 25.2 Å². The maximum absolute atomic E-state index is 12.6. The monoisotopic (exact) mass is 376 g/mol. The molecule has 2 bridgehead atoms. The van der Waals surface area contributed by atoms with Crippen molar-refractivity contribution in [1.82, 2.24) is 10.9 Å². The van der Waals surface area contributed by atoms with E-state index >= 15 is 0 Å². The highest BCUT2D eigenvalue weighted by Crippen LogP contribution is 2.52. The average molecular weight is 376 g/mol. The van der Waals surface area contributed by atoms with Crippen molar-refractivity contribution < 1.29 is 19.5 Å². The molecule has 1 aromatic heterocycles. The van der Waals surface area contributed by atoms with Crippen LogP contribution in [0.25, 0.3) is 0 Å². The second kappa shape index (κ2) is 6.68. The summed E-state index contributed by atoms with van der Waals surface area (Å²) < 4.78 is 0. The van der Waals surface area contributed by atoms with E-state index in [9.17, 15) is 19.5 Å². The van der Waals surface area contributed by atoms with Crippen LogP contribution in [-0.2, 0) is 22.4 Å². The van der Waals surface area contributed by atoms with Crippen LogP contribution < -0.4 is 10.9 Å². The number of aliphatic carboxylic acids is 1. The molecule has 2 saturated carbocycles. The Balaban J connectivity index is 1.41. The normalized spacial score (nSPS) is 32.1. The molecule has 140 valence electrons. The number of nitrogens with one attached hydrogen (secondary N) is 2. The molecule has 0 saturated heterocycles. The van der Waals surface area contributed by atoms with Gasteiger partial charge >= 0.3 is 5.97 Å². The molecule has 0 spiro atoms. The number of amides is 2. The minimum atomic E-state index is -0.898. The van der Waals surface area contributed by atoms with Crippen LogP contribution in [-0.4, -0.2) is 22.9 Å².